The number of rotatable bonds is 5. The van der Waals surface area contributed by atoms with Gasteiger partial charge in [0.1, 0.15) is 11.5 Å². The van der Waals surface area contributed by atoms with Gasteiger partial charge in [0.05, 0.1) is 13.2 Å². The molecule has 1 aromatic heterocycles. The summed E-state index contributed by atoms with van der Waals surface area (Å²) in [5, 5.41) is 3.46. The van der Waals surface area contributed by atoms with E-state index in [1.807, 2.05) is 12.1 Å². The van der Waals surface area contributed by atoms with Gasteiger partial charge >= 0.3 is 0 Å². The van der Waals surface area contributed by atoms with Gasteiger partial charge in [-0.3, -0.25) is 0 Å². The number of hydrogen-bond donors (Lipinski definition) is 1. The van der Waals surface area contributed by atoms with Crippen molar-refractivity contribution in [1.29, 1.82) is 0 Å². The number of nitrogens with one attached hydrogen (secondary N) is 1. The van der Waals surface area contributed by atoms with Crippen LogP contribution < -0.4 is 10.1 Å². The molecule has 108 valence electrons. The van der Waals surface area contributed by atoms with Crippen LogP contribution in [0.2, 0.25) is 0 Å². The average molecular weight is 338 g/mol. The Kier molecular flexibility index (Phi) is 4.89. The molecule has 1 atom stereocenters. The van der Waals surface area contributed by atoms with Crippen molar-refractivity contribution in [3.8, 4) is 5.75 Å². The molecule has 4 heteroatoms. The normalized spacial score (nSPS) is 12.4. The second-order valence-electron chi connectivity index (χ2n) is 4.76. The highest BCUT2D eigenvalue weighted by Crippen LogP contribution is 2.35. The van der Waals surface area contributed by atoms with Gasteiger partial charge in [-0.15, -0.1) is 0 Å². The number of aryl methyl sites for hydroxylation is 1. The molecule has 0 bridgehead atoms. The van der Waals surface area contributed by atoms with Gasteiger partial charge in [-0.2, -0.15) is 0 Å². The summed E-state index contributed by atoms with van der Waals surface area (Å²) in [6, 6.07) is 8.10. The van der Waals surface area contributed by atoms with Crippen LogP contribution in [-0.2, 0) is 0 Å². The molecule has 0 aliphatic heterocycles. The minimum Gasteiger partial charge on any atom is -0.496 e. The Morgan fingerprint density at radius 1 is 1.25 bits per heavy atom. The van der Waals surface area contributed by atoms with Crippen LogP contribution in [0, 0.1) is 13.8 Å². The van der Waals surface area contributed by atoms with Crippen molar-refractivity contribution in [1.82, 2.24) is 5.32 Å². The first-order valence-electron chi connectivity index (χ1n) is 6.71. The minimum absolute atomic E-state index is 0.0134. The van der Waals surface area contributed by atoms with E-state index in [0.717, 1.165) is 28.3 Å². The lowest BCUT2D eigenvalue weighted by Gasteiger charge is -2.21. The number of halogens is 1. The third-order valence-corrected chi connectivity index (χ3v) is 3.94. The van der Waals surface area contributed by atoms with Gasteiger partial charge in [0.15, 0.2) is 4.67 Å². The molecule has 2 rings (SSSR count). The van der Waals surface area contributed by atoms with E-state index in [1.54, 1.807) is 7.11 Å². The molecule has 0 aliphatic carbocycles. The first-order chi connectivity index (χ1) is 9.58. The lowest BCUT2D eigenvalue weighted by molar-refractivity contribution is 0.388. The summed E-state index contributed by atoms with van der Waals surface area (Å²) in [7, 11) is 1.71. The third-order valence-electron chi connectivity index (χ3n) is 3.51. The van der Waals surface area contributed by atoms with Gasteiger partial charge in [-0.25, -0.2) is 0 Å². The molecule has 2 aromatic rings. The predicted octanol–water partition coefficient (Wildman–Crippen LogP) is 4.37. The molecule has 0 saturated carbocycles. The zero-order valence-electron chi connectivity index (χ0n) is 12.3. The predicted molar refractivity (Wildman–Crippen MR) is 84.4 cm³/mol. The topological polar surface area (TPSA) is 34.4 Å². The molecule has 0 radical (unpaired) electrons. The lowest BCUT2D eigenvalue weighted by Crippen LogP contribution is -2.22. The quantitative estimate of drug-likeness (QED) is 0.879. The maximum absolute atomic E-state index is 5.72. The summed E-state index contributed by atoms with van der Waals surface area (Å²) in [5.74, 6) is 1.80. The van der Waals surface area contributed by atoms with E-state index in [0.29, 0.717) is 0 Å². The molecular weight excluding hydrogens is 318 g/mol. The minimum atomic E-state index is -0.0134. The van der Waals surface area contributed by atoms with Crippen LogP contribution in [0.5, 0.6) is 5.75 Å². The van der Waals surface area contributed by atoms with Crippen LogP contribution in [0.1, 0.15) is 35.4 Å². The molecular formula is C16H20BrNO2. The Hall–Kier alpha value is -1.26. The summed E-state index contributed by atoms with van der Waals surface area (Å²) in [5.41, 5.74) is 3.49. The highest BCUT2D eigenvalue weighted by atomic mass is 79.9. The van der Waals surface area contributed by atoms with E-state index in [-0.39, 0.29) is 6.04 Å². The van der Waals surface area contributed by atoms with Crippen molar-refractivity contribution >= 4 is 15.9 Å². The van der Waals surface area contributed by atoms with Crippen LogP contribution >= 0.6 is 15.9 Å². The molecule has 0 spiro atoms. The summed E-state index contributed by atoms with van der Waals surface area (Å²) < 4.78 is 12.1. The third kappa shape index (κ3) is 2.91. The van der Waals surface area contributed by atoms with Gasteiger partial charge in [0.2, 0.25) is 0 Å². The maximum atomic E-state index is 5.72. The SMILES string of the molecule is CCNC(c1ccc(Br)o1)c1ccc(C)c(C)c1OC. The van der Waals surface area contributed by atoms with Crippen LogP contribution in [-0.4, -0.2) is 13.7 Å². The smallest absolute Gasteiger partial charge is 0.169 e. The van der Waals surface area contributed by atoms with Crippen molar-refractivity contribution in [2.75, 3.05) is 13.7 Å². The van der Waals surface area contributed by atoms with Gasteiger partial charge in [0, 0.05) is 5.56 Å². The first kappa shape index (κ1) is 15.1. The number of benzene rings is 1. The Balaban J connectivity index is 2.52. The summed E-state index contributed by atoms with van der Waals surface area (Å²) in [4.78, 5) is 0. The van der Waals surface area contributed by atoms with Crippen molar-refractivity contribution < 1.29 is 9.15 Å². The van der Waals surface area contributed by atoms with Crippen LogP contribution in [0.25, 0.3) is 0 Å². The highest BCUT2D eigenvalue weighted by Gasteiger charge is 2.22. The van der Waals surface area contributed by atoms with Crippen LogP contribution in [0.4, 0.5) is 0 Å². The molecule has 1 unspecified atom stereocenters. The van der Waals surface area contributed by atoms with E-state index >= 15 is 0 Å². The fourth-order valence-corrected chi connectivity index (χ4v) is 2.68. The molecule has 0 fully saturated rings. The zero-order chi connectivity index (χ0) is 14.7. The lowest BCUT2D eigenvalue weighted by atomic mass is 9.97. The number of furan rings is 1. The van der Waals surface area contributed by atoms with E-state index in [2.05, 4.69) is 54.2 Å². The molecule has 0 saturated heterocycles. The van der Waals surface area contributed by atoms with Crippen molar-refractivity contribution in [3.05, 3.63) is 51.4 Å². The summed E-state index contributed by atoms with van der Waals surface area (Å²) >= 11 is 3.36. The Bertz CT molecular complexity index is 592. The molecule has 1 heterocycles. The first-order valence-corrected chi connectivity index (χ1v) is 7.50. The maximum Gasteiger partial charge on any atom is 0.169 e. The van der Waals surface area contributed by atoms with Crippen molar-refractivity contribution in [3.63, 3.8) is 0 Å². The number of hydrogen-bond acceptors (Lipinski definition) is 3. The van der Waals surface area contributed by atoms with Gasteiger partial charge in [-0.05, 0) is 59.6 Å². The fourth-order valence-electron chi connectivity index (χ4n) is 2.36. The monoisotopic (exact) mass is 337 g/mol. The Morgan fingerprint density at radius 2 is 2.00 bits per heavy atom. The standard InChI is InChI=1S/C16H20BrNO2/c1-5-18-15(13-8-9-14(17)20-13)12-7-6-10(2)11(3)16(12)19-4/h6-9,15,18H,5H2,1-4H3. The number of ether oxygens (including phenoxy) is 1. The molecule has 0 amide bonds. The number of methoxy groups -OCH3 is 1. The largest absolute Gasteiger partial charge is 0.496 e. The van der Waals surface area contributed by atoms with E-state index in [9.17, 15) is 0 Å². The molecule has 3 nitrogen and oxygen atoms in total. The van der Waals surface area contributed by atoms with Crippen molar-refractivity contribution in [2.24, 2.45) is 0 Å². The van der Waals surface area contributed by atoms with Gasteiger partial charge < -0.3 is 14.5 Å². The summed E-state index contributed by atoms with van der Waals surface area (Å²) in [6.45, 7) is 7.10. The highest BCUT2D eigenvalue weighted by molar-refractivity contribution is 9.10. The molecule has 20 heavy (non-hydrogen) atoms. The van der Waals surface area contributed by atoms with Crippen LogP contribution in [0.15, 0.2) is 33.4 Å². The van der Waals surface area contributed by atoms with Crippen LogP contribution in [0.3, 0.4) is 0 Å². The van der Waals surface area contributed by atoms with Gasteiger partial charge in [0.25, 0.3) is 0 Å². The second kappa shape index (κ2) is 6.46. The molecule has 1 N–H and O–H groups in total. The summed E-state index contributed by atoms with van der Waals surface area (Å²) in [6.07, 6.45) is 0. The zero-order valence-corrected chi connectivity index (χ0v) is 13.9. The molecule has 1 aromatic carbocycles. The average Bonchev–Trinajstić information content (AvgIpc) is 2.86. The van der Waals surface area contributed by atoms with E-state index < -0.39 is 0 Å². The molecule has 0 aliphatic rings. The fraction of sp³-hybridized carbons (Fsp3) is 0.375. The Morgan fingerprint density at radius 3 is 2.55 bits per heavy atom. The van der Waals surface area contributed by atoms with Gasteiger partial charge in [-0.1, -0.05) is 19.1 Å². The van der Waals surface area contributed by atoms with E-state index in [1.165, 1.54) is 11.1 Å². The van der Waals surface area contributed by atoms with E-state index in [4.69, 9.17) is 9.15 Å². The second-order valence-corrected chi connectivity index (χ2v) is 5.54. The van der Waals surface area contributed by atoms with Crippen molar-refractivity contribution in [2.45, 2.75) is 26.8 Å². The Labute approximate surface area is 128 Å².